The highest BCUT2D eigenvalue weighted by atomic mass is 127. The van der Waals surface area contributed by atoms with Crippen LogP contribution in [0.15, 0.2) is 36.7 Å². The van der Waals surface area contributed by atoms with Crippen molar-refractivity contribution in [2.75, 3.05) is 0 Å². The molecule has 0 atom stereocenters. The molecule has 2 heterocycles. The second kappa shape index (κ2) is 5.46. The van der Waals surface area contributed by atoms with Gasteiger partial charge in [0.1, 0.15) is 12.9 Å². The zero-order valence-electron chi connectivity index (χ0n) is 10.6. The third-order valence-electron chi connectivity index (χ3n) is 2.98. The number of nitrogens with one attached hydrogen (secondary N) is 1. The predicted molar refractivity (Wildman–Crippen MR) is 72.5 cm³/mol. The van der Waals surface area contributed by atoms with Crippen LogP contribution in [0.4, 0.5) is 0 Å². The van der Waals surface area contributed by atoms with E-state index in [4.69, 9.17) is 11.6 Å². The summed E-state index contributed by atoms with van der Waals surface area (Å²) in [6.07, 6.45) is 4.03. The number of imidazole rings is 1. The van der Waals surface area contributed by atoms with E-state index in [9.17, 15) is 0 Å². The minimum atomic E-state index is 0. The third-order valence-corrected chi connectivity index (χ3v) is 3.38. The molecular formula is C14H13ClIN3. The lowest BCUT2D eigenvalue weighted by Gasteiger charge is -1.95. The van der Waals surface area contributed by atoms with Crippen LogP contribution in [0.25, 0.3) is 22.4 Å². The van der Waals surface area contributed by atoms with Crippen LogP contribution in [0.1, 0.15) is 5.56 Å². The molecule has 0 aliphatic carbocycles. The van der Waals surface area contributed by atoms with Gasteiger partial charge in [-0.15, -0.1) is 0 Å². The van der Waals surface area contributed by atoms with Crippen LogP contribution in [0.2, 0.25) is 5.02 Å². The first-order valence-corrected chi connectivity index (χ1v) is 6.13. The van der Waals surface area contributed by atoms with Gasteiger partial charge >= 0.3 is 0 Å². The molecule has 3 aromatic rings. The van der Waals surface area contributed by atoms with E-state index in [-0.39, 0.29) is 24.0 Å². The van der Waals surface area contributed by atoms with Crippen LogP contribution in [-0.2, 0) is 7.05 Å². The molecular weight excluding hydrogens is 373 g/mol. The molecule has 2 aromatic heterocycles. The van der Waals surface area contributed by atoms with E-state index in [0.29, 0.717) is 0 Å². The Hall–Kier alpha value is -1.14. The highest BCUT2D eigenvalue weighted by molar-refractivity contribution is 6.32. The average molecular weight is 386 g/mol. The van der Waals surface area contributed by atoms with Crippen molar-refractivity contribution in [3.05, 3.63) is 47.2 Å². The lowest BCUT2D eigenvalue weighted by atomic mass is 10.2. The van der Waals surface area contributed by atoms with Crippen LogP contribution in [0.3, 0.4) is 0 Å². The molecule has 0 amide bonds. The zero-order valence-corrected chi connectivity index (χ0v) is 13.5. The Morgan fingerprint density at radius 2 is 2.11 bits per heavy atom. The normalized spacial score (nSPS) is 10.5. The predicted octanol–water partition coefficient (Wildman–Crippen LogP) is 0.0202. The van der Waals surface area contributed by atoms with E-state index in [1.165, 1.54) is 0 Å². The fourth-order valence-corrected chi connectivity index (χ4v) is 2.16. The van der Waals surface area contributed by atoms with Crippen LogP contribution >= 0.6 is 11.6 Å². The largest absolute Gasteiger partial charge is 1.00 e. The first-order valence-electron chi connectivity index (χ1n) is 5.75. The van der Waals surface area contributed by atoms with Gasteiger partial charge in [-0.1, -0.05) is 11.6 Å². The molecule has 1 N–H and O–H groups in total. The van der Waals surface area contributed by atoms with Gasteiger partial charge in [0.25, 0.3) is 0 Å². The Kier molecular flexibility index (Phi) is 4.10. The maximum Gasteiger partial charge on any atom is 0.179 e. The molecule has 0 radical (unpaired) electrons. The molecule has 1 aromatic carbocycles. The Morgan fingerprint density at radius 1 is 1.32 bits per heavy atom. The molecule has 0 aliphatic rings. The summed E-state index contributed by atoms with van der Waals surface area (Å²) in [5, 5.41) is 0.749. The highest BCUT2D eigenvalue weighted by Crippen LogP contribution is 2.24. The van der Waals surface area contributed by atoms with Crippen molar-refractivity contribution in [2.24, 2.45) is 7.05 Å². The summed E-state index contributed by atoms with van der Waals surface area (Å²) in [5.74, 6) is 0.864. The Bertz CT molecular complexity index is 698. The SMILES string of the molecule is Cc1cc2[nH]c(-c3ccc[n+](C)c3)nc2cc1Cl.[I-]. The summed E-state index contributed by atoms with van der Waals surface area (Å²) in [7, 11) is 1.99. The standard InChI is InChI=1S/C14H13ClN3.HI/c1-9-6-12-13(7-11(9)15)17-14(16-12)10-4-3-5-18(2)8-10;/h3-8H,1-2H3,(H,16,17);1H/q+1;/p-1. The lowest BCUT2D eigenvalue weighted by Crippen LogP contribution is -3.00. The number of aromatic nitrogens is 3. The minimum absolute atomic E-state index is 0. The molecule has 0 saturated heterocycles. The van der Waals surface area contributed by atoms with Crippen molar-refractivity contribution in [3.8, 4) is 11.4 Å². The van der Waals surface area contributed by atoms with Gasteiger partial charge in [-0.2, -0.15) is 0 Å². The number of hydrogen-bond donors (Lipinski definition) is 1. The number of aryl methyl sites for hydroxylation is 2. The number of halogens is 2. The van der Waals surface area contributed by atoms with Crippen molar-refractivity contribution >= 4 is 22.6 Å². The fraction of sp³-hybridized carbons (Fsp3) is 0.143. The number of rotatable bonds is 1. The van der Waals surface area contributed by atoms with Gasteiger partial charge < -0.3 is 29.0 Å². The van der Waals surface area contributed by atoms with Gasteiger partial charge in [0.15, 0.2) is 12.4 Å². The third kappa shape index (κ3) is 2.74. The van der Waals surface area contributed by atoms with E-state index in [2.05, 4.69) is 9.97 Å². The number of aromatic amines is 1. The second-order valence-electron chi connectivity index (χ2n) is 4.46. The summed E-state index contributed by atoms with van der Waals surface area (Å²) in [6.45, 7) is 1.99. The molecule has 19 heavy (non-hydrogen) atoms. The van der Waals surface area contributed by atoms with Crippen LogP contribution in [0.5, 0.6) is 0 Å². The molecule has 98 valence electrons. The summed E-state index contributed by atoms with van der Waals surface area (Å²) < 4.78 is 2.00. The summed E-state index contributed by atoms with van der Waals surface area (Å²) in [6, 6.07) is 7.96. The Labute approximate surface area is 133 Å². The first kappa shape index (κ1) is 14.3. The van der Waals surface area contributed by atoms with Crippen molar-refractivity contribution in [2.45, 2.75) is 6.92 Å². The fourth-order valence-electron chi connectivity index (χ4n) is 2.00. The molecule has 0 aliphatic heterocycles. The summed E-state index contributed by atoms with van der Waals surface area (Å²) in [5.41, 5.74) is 4.02. The van der Waals surface area contributed by atoms with E-state index in [0.717, 1.165) is 33.0 Å². The molecule has 0 saturated carbocycles. The van der Waals surface area contributed by atoms with E-state index >= 15 is 0 Å². The topological polar surface area (TPSA) is 32.6 Å². The number of nitrogens with zero attached hydrogens (tertiary/aromatic N) is 2. The molecule has 5 heteroatoms. The van der Waals surface area contributed by atoms with Gasteiger partial charge in [0.2, 0.25) is 0 Å². The van der Waals surface area contributed by atoms with E-state index in [1.807, 2.05) is 55.2 Å². The number of benzene rings is 1. The Balaban J connectivity index is 0.00000133. The lowest BCUT2D eigenvalue weighted by molar-refractivity contribution is -0.671. The van der Waals surface area contributed by atoms with E-state index < -0.39 is 0 Å². The minimum Gasteiger partial charge on any atom is -1.00 e. The van der Waals surface area contributed by atoms with Crippen molar-refractivity contribution in [3.63, 3.8) is 0 Å². The van der Waals surface area contributed by atoms with Gasteiger partial charge in [-0.25, -0.2) is 9.55 Å². The molecule has 3 rings (SSSR count). The van der Waals surface area contributed by atoms with Gasteiger partial charge in [-0.05, 0) is 30.7 Å². The molecule has 0 unspecified atom stereocenters. The number of hydrogen-bond acceptors (Lipinski definition) is 1. The quantitative estimate of drug-likeness (QED) is 0.465. The number of pyridine rings is 1. The summed E-state index contributed by atoms with van der Waals surface area (Å²) in [4.78, 5) is 7.90. The van der Waals surface area contributed by atoms with Crippen LogP contribution in [-0.4, -0.2) is 9.97 Å². The first-order chi connectivity index (χ1) is 8.63. The van der Waals surface area contributed by atoms with Crippen molar-refractivity contribution in [1.82, 2.24) is 9.97 Å². The Morgan fingerprint density at radius 3 is 2.84 bits per heavy atom. The monoisotopic (exact) mass is 385 g/mol. The summed E-state index contributed by atoms with van der Waals surface area (Å²) >= 11 is 6.11. The van der Waals surface area contributed by atoms with Crippen LogP contribution < -0.4 is 28.5 Å². The average Bonchev–Trinajstić information content (AvgIpc) is 2.73. The maximum absolute atomic E-state index is 6.11. The number of H-pyrrole nitrogens is 1. The molecule has 3 nitrogen and oxygen atoms in total. The smallest absolute Gasteiger partial charge is 0.179 e. The number of fused-ring (bicyclic) bond motifs is 1. The van der Waals surface area contributed by atoms with E-state index in [1.54, 1.807) is 0 Å². The van der Waals surface area contributed by atoms with Gasteiger partial charge in [0, 0.05) is 11.1 Å². The molecule has 0 fully saturated rings. The molecule has 0 spiro atoms. The van der Waals surface area contributed by atoms with Crippen LogP contribution in [0, 0.1) is 6.92 Å². The highest BCUT2D eigenvalue weighted by Gasteiger charge is 2.09. The molecule has 0 bridgehead atoms. The second-order valence-corrected chi connectivity index (χ2v) is 4.87. The van der Waals surface area contributed by atoms with Crippen molar-refractivity contribution < 1.29 is 28.5 Å². The van der Waals surface area contributed by atoms with Gasteiger partial charge in [-0.3, -0.25) is 0 Å². The maximum atomic E-state index is 6.11. The van der Waals surface area contributed by atoms with Gasteiger partial charge in [0.05, 0.1) is 16.6 Å². The zero-order chi connectivity index (χ0) is 12.7. The van der Waals surface area contributed by atoms with Crippen molar-refractivity contribution in [1.29, 1.82) is 0 Å².